The van der Waals surface area contributed by atoms with Crippen molar-refractivity contribution in [1.82, 2.24) is 4.90 Å². The summed E-state index contributed by atoms with van der Waals surface area (Å²) >= 11 is 0. The minimum atomic E-state index is -0.216. The zero-order valence-electron chi connectivity index (χ0n) is 9.82. The van der Waals surface area contributed by atoms with Crippen LogP contribution in [0.5, 0.6) is 0 Å². The molecule has 0 saturated heterocycles. The molecule has 90 valence electrons. The van der Waals surface area contributed by atoms with Crippen molar-refractivity contribution >= 4 is 0 Å². The van der Waals surface area contributed by atoms with Crippen molar-refractivity contribution in [3.63, 3.8) is 0 Å². The van der Waals surface area contributed by atoms with E-state index in [-0.39, 0.29) is 12.9 Å². The molecule has 0 aromatic rings. The Kier molecular flexibility index (Phi) is 9.83. The summed E-state index contributed by atoms with van der Waals surface area (Å²) in [6.07, 6.45) is 1.59. The van der Waals surface area contributed by atoms with E-state index in [1.54, 1.807) is 0 Å². The summed E-state index contributed by atoms with van der Waals surface area (Å²) in [5.74, 6) is 0. The monoisotopic (exact) mass is 217 g/mol. The highest BCUT2D eigenvalue weighted by atomic mass is 16.7. The van der Waals surface area contributed by atoms with Crippen LogP contribution >= 0.6 is 0 Å². The Morgan fingerprint density at radius 2 is 1.93 bits per heavy atom. The Morgan fingerprint density at radius 1 is 1.33 bits per heavy atom. The molecule has 4 nitrogen and oxygen atoms in total. The summed E-state index contributed by atoms with van der Waals surface area (Å²) < 4.78 is 10.9. The van der Waals surface area contributed by atoms with E-state index in [0.717, 1.165) is 6.54 Å². The van der Waals surface area contributed by atoms with Gasteiger partial charge in [-0.3, -0.25) is 4.90 Å². The van der Waals surface area contributed by atoms with E-state index in [2.05, 4.69) is 6.58 Å². The molecule has 15 heavy (non-hydrogen) atoms. The van der Waals surface area contributed by atoms with Crippen molar-refractivity contribution in [3.8, 4) is 0 Å². The minimum absolute atomic E-state index is 0.138. The van der Waals surface area contributed by atoms with Crippen LogP contribution < -0.4 is 0 Å². The Balaban J connectivity index is 3.99. The van der Waals surface area contributed by atoms with Crippen LogP contribution in [0, 0.1) is 0 Å². The van der Waals surface area contributed by atoms with Gasteiger partial charge in [-0.25, -0.2) is 0 Å². The first-order valence-corrected chi connectivity index (χ1v) is 5.45. The number of ether oxygens (including phenoxy) is 2. The fourth-order valence-corrected chi connectivity index (χ4v) is 1.32. The molecule has 0 fully saturated rings. The van der Waals surface area contributed by atoms with E-state index in [1.807, 2.05) is 24.8 Å². The van der Waals surface area contributed by atoms with Crippen molar-refractivity contribution < 1.29 is 14.6 Å². The van der Waals surface area contributed by atoms with E-state index in [0.29, 0.717) is 26.3 Å². The van der Waals surface area contributed by atoms with Crippen LogP contribution in [0.1, 0.15) is 13.8 Å². The Morgan fingerprint density at radius 3 is 2.33 bits per heavy atom. The highest BCUT2D eigenvalue weighted by Crippen LogP contribution is 2.00. The molecule has 4 heteroatoms. The van der Waals surface area contributed by atoms with Gasteiger partial charge < -0.3 is 14.6 Å². The lowest BCUT2D eigenvalue weighted by atomic mass is 10.4. The van der Waals surface area contributed by atoms with Crippen molar-refractivity contribution in [3.05, 3.63) is 12.7 Å². The molecule has 0 spiro atoms. The predicted octanol–water partition coefficient (Wildman–Crippen LogP) is 0.866. The molecule has 0 aliphatic carbocycles. The van der Waals surface area contributed by atoms with Gasteiger partial charge in [-0.05, 0) is 13.8 Å². The molecule has 0 aromatic heterocycles. The molecule has 0 heterocycles. The molecule has 0 radical (unpaired) electrons. The fourth-order valence-electron chi connectivity index (χ4n) is 1.32. The second kappa shape index (κ2) is 10.1. The Bertz CT molecular complexity index is 147. The third-order valence-electron chi connectivity index (χ3n) is 1.92. The van der Waals surface area contributed by atoms with Crippen LogP contribution in [-0.4, -0.2) is 55.8 Å². The summed E-state index contributed by atoms with van der Waals surface area (Å²) in [6, 6.07) is 0. The number of aliphatic hydroxyl groups is 1. The maximum absolute atomic E-state index is 8.88. The molecule has 0 atom stereocenters. The largest absolute Gasteiger partial charge is 0.395 e. The number of nitrogens with zero attached hydrogens (tertiary/aromatic N) is 1. The molecule has 0 saturated carbocycles. The van der Waals surface area contributed by atoms with Gasteiger partial charge in [0, 0.05) is 32.8 Å². The zero-order valence-corrected chi connectivity index (χ0v) is 9.82. The van der Waals surface area contributed by atoms with Gasteiger partial charge in [0.15, 0.2) is 6.29 Å². The maximum Gasteiger partial charge on any atom is 0.170 e. The predicted molar refractivity (Wildman–Crippen MR) is 60.8 cm³/mol. The quantitative estimate of drug-likeness (QED) is 0.435. The van der Waals surface area contributed by atoms with Crippen molar-refractivity contribution in [2.24, 2.45) is 0 Å². The van der Waals surface area contributed by atoms with E-state index in [1.165, 1.54) is 0 Å². The summed E-state index contributed by atoms with van der Waals surface area (Å²) in [6.45, 7) is 11.0. The second-order valence-electron chi connectivity index (χ2n) is 3.11. The highest BCUT2D eigenvalue weighted by molar-refractivity contribution is 4.74. The minimum Gasteiger partial charge on any atom is -0.395 e. The first-order chi connectivity index (χ1) is 7.28. The van der Waals surface area contributed by atoms with Crippen LogP contribution in [0.3, 0.4) is 0 Å². The Labute approximate surface area is 92.5 Å². The van der Waals surface area contributed by atoms with Crippen LogP contribution in [0.2, 0.25) is 0 Å². The Hall–Kier alpha value is -0.420. The zero-order chi connectivity index (χ0) is 11.5. The van der Waals surface area contributed by atoms with Gasteiger partial charge in [0.1, 0.15) is 0 Å². The molecule has 0 bridgehead atoms. The average Bonchev–Trinajstić information content (AvgIpc) is 2.19. The summed E-state index contributed by atoms with van der Waals surface area (Å²) in [4.78, 5) is 2.04. The van der Waals surface area contributed by atoms with Gasteiger partial charge in [-0.2, -0.15) is 0 Å². The molecular formula is C11H23NO3. The van der Waals surface area contributed by atoms with Gasteiger partial charge in [0.2, 0.25) is 0 Å². The lowest BCUT2D eigenvalue weighted by molar-refractivity contribution is -0.146. The number of aliphatic hydroxyl groups excluding tert-OH is 1. The normalized spacial score (nSPS) is 11.3. The van der Waals surface area contributed by atoms with Crippen LogP contribution in [0.4, 0.5) is 0 Å². The van der Waals surface area contributed by atoms with E-state index < -0.39 is 0 Å². The lowest BCUT2D eigenvalue weighted by Crippen LogP contribution is -2.37. The maximum atomic E-state index is 8.88. The molecule has 0 amide bonds. The topological polar surface area (TPSA) is 41.9 Å². The van der Waals surface area contributed by atoms with Crippen LogP contribution in [0.15, 0.2) is 12.7 Å². The standard InChI is InChI=1S/C11H23NO3/c1-4-7-12(8-9-13)10-11(14-5-2)15-6-3/h4,11,13H,1,5-10H2,2-3H3. The first-order valence-electron chi connectivity index (χ1n) is 5.45. The smallest absolute Gasteiger partial charge is 0.170 e. The lowest BCUT2D eigenvalue weighted by Gasteiger charge is -2.25. The summed E-state index contributed by atoms with van der Waals surface area (Å²) in [7, 11) is 0. The first kappa shape index (κ1) is 14.6. The third kappa shape index (κ3) is 7.50. The van der Waals surface area contributed by atoms with Crippen molar-refractivity contribution in [2.45, 2.75) is 20.1 Å². The van der Waals surface area contributed by atoms with Crippen LogP contribution in [-0.2, 0) is 9.47 Å². The third-order valence-corrected chi connectivity index (χ3v) is 1.92. The van der Waals surface area contributed by atoms with Crippen molar-refractivity contribution in [1.29, 1.82) is 0 Å². The van der Waals surface area contributed by atoms with E-state index >= 15 is 0 Å². The van der Waals surface area contributed by atoms with Gasteiger partial charge in [0.05, 0.1) is 6.61 Å². The number of hydrogen-bond acceptors (Lipinski definition) is 4. The average molecular weight is 217 g/mol. The SMILES string of the molecule is C=CCN(CCO)CC(OCC)OCC. The molecular weight excluding hydrogens is 194 g/mol. The number of rotatable bonds is 10. The molecule has 1 N–H and O–H groups in total. The van der Waals surface area contributed by atoms with Gasteiger partial charge in [0.25, 0.3) is 0 Å². The van der Waals surface area contributed by atoms with E-state index in [4.69, 9.17) is 14.6 Å². The second-order valence-corrected chi connectivity index (χ2v) is 3.11. The van der Waals surface area contributed by atoms with Crippen molar-refractivity contribution in [2.75, 3.05) is 39.5 Å². The molecule has 0 aromatic carbocycles. The van der Waals surface area contributed by atoms with Gasteiger partial charge in [-0.1, -0.05) is 6.08 Å². The summed E-state index contributed by atoms with van der Waals surface area (Å²) in [5.41, 5.74) is 0. The van der Waals surface area contributed by atoms with Gasteiger partial charge >= 0.3 is 0 Å². The highest BCUT2D eigenvalue weighted by Gasteiger charge is 2.12. The van der Waals surface area contributed by atoms with Gasteiger partial charge in [-0.15, -0.1) is 6.58 Å². The molecule has 0 aliphatic heterocycles. The molecule has 0 aliphatic rings. The number of hydrogen-bond donors (Lipinski definition) is 1. The molecule has 0 unspecified atom stereocenters. The fraction of sp³-hybridized carbons (Fsp3) is 0.818. The van der Waals surface area contributed by atoms with Crippen LogP contribution in [0.25, 0.3) is 0 Å². The molecule has 0 rings (SSSR count). The van der Waals surface area contributed by atoms with E-state index in [9.17, 15) is 0 Å². The summed E-state index contributed by atoms with van der Waals surface area (Å²) in [5, 5.41) is 8.88.